The summed E-state index contributed by atoms with van der Waals surface area (Å²) in [5, 5.41) is 0. The molecule has 1 aliphatic heterocycles. The molecule has 1 aliphatic rings. The first-order chi connectivity index (χ1) is 13.1. The van der Waals surface area contributed by atoms with Gasteiger partial charge in [0.25, 0.3) is 0 Å². The first-order valence-electron chi connectivity index (χ1n) is 9.38. The molecule has 0 aliphatic carbocycles. The van der Waals surface area contributed by atoms with E-state index in [1.54, 1.807) is 18.5 Å². The van der Waals surface area contributed by atoms with Gasteiger partial charge in [-0.25, -0.2) is 4.79 Å². The zero-order valence-corrected chi connectivity index (χ0v) is 16.1. The highest BCUT2D eigenvalue weighted by atomic mass is 16.5. The number of hydrogen-bond acceptors (Lipinski definition) is 4. The molecule has 140 valence electrons. The van der Waals surface area contributed by atoms with Crippen LogP contribution in [0.15, 0.2) is 36.7 Å². The largest absolute Gasteiger partial charge is 0.493 e. The van der Waals surface area contributed by atoms with Crippen molar-refractivity contribution in [1.29, 1.82) is 0 Å². The number of pyridine rings is 1. The van der Waals surface area contributed by atoms with E-state index in [0.717, 1.165) is 36.1 Å². The van der Waals surface area contributed by atoms with Crippen LogP contribution in [0, 0.1) is 17.8 Å². The number of ether oxygens (including phenoxy) is 2. The predicted molar refractivity (Wildman–Crippen MR) is 105 cm³/mol. The summed E-state index contributed by atoms with van der Waals surface area (Å²) < 4.78 is 10.8. The maximum Gasteiger partial charge on any atom is 0.338 e. The molecule has 0 spiro atoms. The van der Waals surface area contributed by atoms with Crippen molar-refractivity contribution in [1.82, 2.24) is 4.98 Å². The maximum atomic E-state index is 11.9. The topological polar surface area (TPSA) is 48.4 Å². The molecule has 2 heterocycles. The minimum absolute atomic E-state index is 0.312. The fourth-order valence-corrected chi connectivity index (χ4v) is 3.33. The van der Waals surface area contributed by atoms with Crippen LogP contribution in [-0.2, 0) is 11.2 Å². The smallest absolute Gasteiger partial charge is 0.338 e. The van der Waals surface area contributed by atoms with Crippen molar-refractivity contribution in [2.45, 2.75) is 39.0 Å². The van der Waals surface area contributed by atoms with E-state index in [1.165, 1.54) is 12.7 Å². The lowest BCUT2D eigenvalue weighted by molar-refractivity contribution is 0.0599. The highest BCUT2D eigenvalue weighted by Crippen LogP contribution is 2.37. The number of carbonyl (C=O) groups is 1. The normalized spacial score (nSPS) is 15.3. The van der Waals surface area contributed by atoms with E-state index < -0.39 is 0 Å². The average Bonchev–Trinajstić information content (AvgIpc) is 2.70. The van der Waals surface area contributed by atoms with Crippen molar-refractivity contribution in [2.24, 2.45) is 5.92 Å². The van der Waals surface area contributed by atoms with E-state index in [4.69, 9.17) is 9.47 Å². The van der Waals surface area contributed by atoms with E-state index >= 15 is 0 Å². The van der Waals surface area contributed by atoms with Crippen LogP contribution < -0.4 is 4.74 Å². The van der Waals surface area contributed by atoms with Crippen molar-refractivity contribution in [3.8, 4) is 17.6 Å². The number of hydrogen-bond donors (Lipinski definition) is 0. The molecule has 27 heavy (non-hydrogen) atoms. The van der Waals surface area contributed by atoms with E-state index in [-0.39, 0.29) is 5.97 Å². The Kier molecular flexibility index (Phi) is 6.13. The standard InChI is InChI=1S/C23H25NO3/c1-16(2)4-5-17-6-9-20-18(11-13-27-22(20)14-17)7-8-19-15-24-12-10-21(19)23(25)26-3/h6,9-10,12,14-16,18H,7-8,11,13H2,1-3H3. The van der Waals surface area contributed by atoms with Crippen LogP contribution in [0.3, 0.4) is 0 Å². The summed E-state index contributed by atoms with van der Waals surface area (Å²) in [5.74, 6) is 7.76. The third-order valence-corrected chi connectivity index (χ3v) is 4.75. The van der Waals surface area contributed by atoms with Crippen LogP contribution >= 0.6 is 0 Å². The monoisotopic (exact) mass is 363 g/mol. The summed E-state index contributed by atoms with van der Waals surface area (Å²) in [6.07, 6.45) is 6.06. The summed E-state index contributed by atoms with van der Waals surface area (Å²) >= 11 is 0. The molecule has 0 amide bonds. The fourth-order valence-electron chi connectivity index (χ4n) is 3.33. The number of aryl methyl sites for hydroxylation is 1. The van der Waals surface area contributed by atoms with Crippen LogP contribution in [0.5, 0.6) is 5.75 Å². The molecule has 0 saturated carbocycles. The second-order valence-electron chi connectivity index (χ2n) is 7.07. The number of benzene rings is 1. The SMILES string of the molecule is COC(=O)c1ccncc1CCC1CCOc2cc(C#CC(C)C)ccc21. The average molecular weight is 363 g/mol. The van der Waals surface area contributed by atoms with Gasteiger partial charge < -0.3 is 9.47 Å². The molecule has 2 aromatic rings. The first kappa shape index (κ1) is 19.0. The van der Waals surface area contributed by atoms with E-state index in [9.17, 15) is 4.79 Å². The lowest BCUT2D eigenvalue weighted by Gasteiger charge is -2.26. The molecule has 3 rings (SSSR count). The van der Waals surface area contributed by atoms with Gasteiger partial charge in [-0.3, -0.25) is 4.98 Å². The summed E-state index contributed by atoms with van der Waals surface area (Å²) in [7, 11) is 1.40. The molecular formula is C23H25NO3. The van der Waals surface area contributed by atoms with Gasteiger partial charge in [0.2, 0.25) is 0 Å². The van der Waals surface area contributed by atoms with Gasteiger partial charge in [0.1, 0.15) is 5.75 Å². The molecule has 1 aromatic heterocycles. The molecular weight excluding hydrogens is 338 g/mol. The molecule has 0 bridgehead atoms. The van der Waals surface area contributed by atoms with Gasteiger partial charge in [0, 0.05) is 23.9 Å². The molecule has 4 heteroatoms. The number of esters is 1. The zero-order chi connectivity index (χ0) is 19.2. The predicted octanol–water partition coefficient (Wildman–Crippen LogP) is 4.37. The zero-order valence-electron chi connectivity index (χ0n) is 16.1. The van der Waals surface area contributed by atoms with E-state index in [0.29, 0.717) is 24.0 Å². The van der Waals surface area contributed by atoms with E-state index in [1.807, 2.05) is 6.07 Å². The third kappa shape index (κ3) is 4.68. The van der Waals surface area contributed by atoms with Gasteiger partial charge in [0.15, 0.2) is 0 Å². The third-order valence-electron chi connectivity index (χ3n) is 4.75. The lowest BCUT2D eigenvalue weighted by Crippen LogP contribution is -2.15. The van der Waals surface area contributed by atoms with Crippen LogP contribution in [0.25, 0.3) is 0 Å². The van der Waals surface area contributed by atoms with Crippen LogP contribution in [0.2, 0.25) is 0 Å². The Bertz CT molecular complexity index is 877. The molecule has 1 atom stereocenters. The Balaban J connectivity index is 1.76. The highest BCUT2D eigenvalue weighted by Gasteiger charge is 2.22. The number of fused-ring (bicyclic) bond motifs is 1. The molecule has 0 saturated heterocycles. The number of methoxy groups -OCH3 is 1. The molecule has 4 nitrogen and oxygen atoms in total. The van der Waals surface area contributed by atoms with Crippen LogP contribution in [0.1, 0.15) is 59.7 Å². The Labute approximate surface area is 160 Å². The number of rotatable bonds is 4. The number of aromatic nitrogens is 1. The summed E-state index contributed by atoms with van der Waals surface area (Å²) in [5.41, 5.74) is 3.74. The summed E-state index contributed by atoms with van der Waals surface area (Å²) in [4.78, 5) is 16.1. The Morgan fingerprint density at radius 1 is 1.37 bits per heavy atom. The molecule has 1 aromatic carbocycles. The fraction of sp³-hybridized carbons (Fsp3) is 0.391. The van der Waals surface area contributed by atoms with Crippen molar-refractivity contribution >= 4 is 5.97 Å². The molecule has 0 N–H and O–H groups in total. The molecule has 0 fully saturated rings. The quantitative estimate of drug-likeness (QED) is 0.598. The molecule has 1 unspecified atom stereocenters. The Morgan fingerprint density at radius 3 is 3.00 bits per heavy atom. The number of carbonyl (C=O) groups excluding carboxylic acids is 1. The Hall–Kier alpha value is -2.80. The second-order valence-corrected chi connectivity index (χ2v) is 7.07. The van der Waals surface area contributed by atoms with Gasteiger partial charge in [-0.05, 0) is 54.5 Å². The van der Waals surface area contributed by atoms with Crippen LogP contribution in [-0.4, -0.2) is 24.7 Å². The van der Waals surface area contributed by atoms with Gasteiger partial charge >= 0.3 is 5.97 Å². The lowest BCUT2D eigenvalue weighted by atomic mass is 9.87. The van der Waals surface area contributed by atoms with Gasteiger partial charge in [0.05, 0.1) is 19.3 Å². The van der Waals surface area contributed by atoms with Crippen molar-refractivity contribution in [2.75, 3.05) is 13.7 Å². The van der Waals surface area contributed by atoms with Crippen molar-refractivity contribution in [3.05, 3.63) is 58.9 Å². The molecule has 0 radical (unpaired) electrons. The first-order valence-corrected chi connectivity index (χ1v) is 9.38. The van der Waals surface area contributed by atoms with Gasteiger partial charge in [-0.2, -0.15) is 0 Å². The van der Waals surface area contributed by atoms with Crippen molar-refractivity contribution < 1.29 is 14.3 Å². The second kappa shape index (κ2) is 8.73. The minimum Gasteiger partial charge on any atom is -0.493 e. The summed E-state index contributed by atoms with van der Waals surface area (Å²) in [6, 6.07) is 7.97. The minimum atomic E-state index is -0.312. The van der Waals surface area contributed by atoms with Crippen molar-refractivity contribution in [3.63, 3.8) is 0 Å². The summed E-state index contributed by atoms with van der Waals surface area (Å²) in [6.45, 7) is 4.87. The van der Waals surface area contributed by atoms with Crippen LogP contribution in [0.4, 0.5) is 0 Å². The maximum absolute atomic E-state index is 11.9. The van der Waals surface area contributed by atoms with Gasteiger partial charge in [-0.15, -0.1) is 0 Å². The van der Waals surface area contributed by atoms with E-state index in [2.05, 4.69) is 42.8 Å². The van der Waals surface area contributed by atoms with Gasteiger partial charge in [-0.1, -0.05) is 31.8 Å². The highest BCUT2D eigenvalue weighted by molar-refractivity contribution is 5.90. The number of nitrogens with zero attached hydrogens (tertiary/aromatic N) is 1. The Morgan fingerprint density at radius 2 is 2.22 bits per heavy atom.